The minimum atomic E-state index is -0.216. The fourth-order valence-electron chi connectivity index (χ4n) is 2.18. The highest BCUT2D eigenvalue weighted by Crippen LogP contribution is 2.23. The van der Waals surface area contributed by atoms with Crippen LogP contribution < -0.4 is 16.8 Å². The number of carbonyl (C=O) groups is 2. The van der Waals surface area contributed by atoms with E-state index in [1.165, 1.54) is 0 Å². The molecule has 0 spiro atoms. The van der Waals surface area contributed by atoms with Gasteiger partial charge in [-0.25, -0.2) is 0 Å². The maximum atomic E-state index is 11.6. The Morgan fingerprint density at radius 1 is 1.29 bits per heavy atom. The first-order valence-corrected chi connectivity index (χ1v) is 6.33. The van der Waals surface area contributed by atoms with Crippen LogP contribution in [0.4, 0.5) is 0 Å². The Morgan fingerprint density at radius 3 is 2.35 bits per heavy atom. The molecule has 0 aromatic carbocycles. The summed E-state index contributed by atoms with van der Waals surface area (Å²) in [6.45, 7) is 1.89. The Kier molecular flexibility index (Phi) is 5.41. The number of carbonyl (C=O) groups excluding carboxylic acids is 2. The molecule has 1 unspecified atom stereocenters. The topological polar surface area (TPSA) is 98.2 Å². The van der Waals surface area contributed by atoms with E-state index in [4.69, 9.17) is 11.5 Å². The van der Waals surface area contributed by atoms with Crippen molar-refractivity contribution in [2.75, 3.05) is 0 Å². The minimum absolute atomic E-state index is 0.00721. The standard InChI is InChI=1S/C12H23N3O2/c1-8(13)2-7-11(16)15-10-5-3-9(4-6-10)12(14)17/h8-10H,2-7,13H2,1H3,(H2,14,17)(H,15,16). The average molecular weight is 241 g/mol. The largest absolute Gasteiger partial charge is 0.369 e. The van der Waals surface area contributed by atoms with Gasteiger partial charge in [0.2, 0.25) is 11.8 Å². The first-order chi connectivity index (χ1) is 7.99. The molecule has 0 saturated heterocycles. The highest BCUT2D eigenvalue weighted by atomic mass is 16.2. The van der Waals surface area contributed by atoms with Gasteiger partial charge in [-0.2, -0.15) is 0 Å². The third-order valence-corrected chi connectivity index (χ3v) is 3.32. The fourth-order valence-corrected chi connectivity index (χ4v) is 2.18. The van der Waals surface area contributed by atoms with Crippen molar-refractivity contribution in [3.8, 4) is 0 Å². The van der Waals surface area contributed by atoms with E-state index >= 15 is 0 Å². The van der Waals surface area contributed by atoms with Gasteiger partial charge in [0.05, 0.1) is 0 Å². The number of rotatable bonds is 5. The van der Waals surface area contributed by atoms with Crippen LogP contribution in [-0.2, 0) is 9.59 Å². The van der Waals surface area contributed by atoms with Crippen molar-refractivity contribution >= 4 is 11.8 Å². The molecule has 5 N–H and O–H groups in total. The monoisotopic (exact) mass is 241 g/mol. The van der Waals surface area contributed by atoms with Crippen molar-refractivity contribution in [3.63, 3.8) is 0 Å². The summed E-state index contributed by atoms with van der Waals surface area (Å²) in [5, 5.41) is 2.99. The molecule has 1 aliphatic rings. The van der Waals surface area contributed by atoms with E-state index in [9.17, 15) is 9.59 Å². The zero-order valence-corrected chi connectivity index (χ0v) is 10.4. The van der Waals surface area contributed by atoms with Gasteiger partial charge in [-0.15, -0.1) is 0 Å². The molecule has 5 heteroatoms. The van der Waals surface area contributed by atoms with Crippen LogP contribution in [0.5, 0.6) is 0 Å². The molecule has 98 valence electrons. The summed E-state index contributed by atoms with van der Waals surface area (Å²) < 4.78 is 0. The van der Waals surface area contributed by atoms with E-state index < -0.39 is 0 Å². The molecule has 1 rings (SSSR count). The lowest BCUT2D eigenvalue weighted by atomic mass is 9.85. The molecule has 1 fully saturated rings. The van der Waals surface area contributed by atoms with E-state index in [2.05, 4.69) is 5.32 Å². The van der Waals surface area contributed by atoms with Crippen molar-refractivity contribution in [3.05, 3.63) is 0 Å². The quantitative estimate of drug-likeness (QED) is 0.644. The fraction of sp³-hybridized carbons (Fsp3) is 0.833. The smallest absolute Gasteiger partial charge is 0.220 e. The lowest BCUT2D eigenvalue weighted by Gasteiger charge is -2.27. The SMILES string of the molecule is CC(N)CCC(=O)NC1CCC(C(N)=O)CC1. The number of hydrogen-bond acceptors (Lipinski definition) is 3. The van der Waals surface area contributed by atoms with E-state index in [0.717, 1.165) is 25.7 Å². The number of nitrogens with one attached hydrogen (secondary N) is 1. The Labute approximate surface area is 102 Å². The Morgan fingerprint density at radius 2 is 1.88 bits per heavy atom. The second kappa shape index (κ2) is 6.59. The number of primary amides is 1. The molecule has 1 saturated carbocycles. The van der Waals surface area contributed by atoms with Crippen molar-refractivity contribution in [2.24, 2.45) is 17.4 Å². The second-order valence-corrected chi connectivity index (χ2v) is 5.03. The number of hydrogen-bond donors (Lipinski definition) is 3. The summed E-state index contributed by atoms with van der Waals surface area (Å²) >= 11 is 0. The van der Waals surface area contributed by atoms with Crippen LogP contribution in [0, 0.1) is 5.92 Å². The molecule has 0 aliphatic heterocycles. The van der Waals surface area contributed by atoms with Gasteiger partial charge < -0.3 is 16.8 Å². The lowest BCUT2D eigenvalue weighted by molar-refractivity contribution is -0.123. The predicted octanol–water partition coefficient (Wildman–Crippen LogP) is 0.274. The van der Waals surface area contributed by atoms with Gasteiger partial charge in [0.15, 0.2) is 0 Å². The Balaban J connectivity index is 2.21. The van der Waals surface area contributed by atoms with Crippen molar-refractivity contribution < 1.29 is 9.59 Å². The number of nitrogens with two attached hydrogens (primary N) is 2. The van der Waals surface area contributed by atoms with Crippen molar-refractivity contribution in [2.45, 2.75) is 57.5 Å². The molecule has 0 heterocycles. The van der Waals surface area contributed by atoms with Gasteiger partial charge >= 0.3 is 0 Å². The summed E-state index contributed by atoms with van der Waals surface area (Å²) in [4.78, 5) is 22.6. The first-order valence-electron chi connectivity index (χ1n) is 6.33. The molecule has 17 heavy (non-hydrogen) atoms. The molecule has 0 aromatic rings. The zero-order chi connectivity index (χ0) is 12.8. The van der Waals surface area contributed by atoms with Gasteiger partial charge in [0.25, 0.3) is 0 Å². The molecule has 2 amide bonds. The number of amides is 2. The zero-order valence-electron chi connectivity index (χ0n) is 10.4. The third-order valence-electron chi connectivity index (χ3n) is 3.32. The highest BCUT2D eigenvalue weighted by Gasteiger charge is 2.25. The van der Waals surface area contributed by atoms with Crippen molar-refractivity contribution in [1.29, 1.82) is 0 Å². The van der Waals surface area contributed by atoms with Crippen LogP contribution in [-0.4, -0.2) is 23.9 Å². The maximum Gasteiger partial charge on any atom is 0.220 e. The molecule has 5 nitrogen and oxygen atoms in total. The average Bonchev–Trinajstić information content (AvgIpc) is 2.27. The summed E-state index contributed by atoms with van der Waals surface area (Å²) in [6, 6.07) is 0.262. The van der Waals surface area contributed by atoms with Crippen LogP contribution in [0.1, 0.15) is 45.4 Å². The van der Waals surface area contributed by atoms with E-state index in [-0.39, 0.29) is 29.8 Å². The normalized spacial score (nSPS) is 26.2. The van der Waals surface area contributed by atoms with Crippen LogP contribution in [0.15, 0.2) is 0 Å². The summed E-state index contributed by atoms with van der Waals surface area (Å²) in [5.74, 6) is -0.163. The van der Waals surface area contributed by atoms with Gasteiger partial charge in [0, 0.05) is 24.4 Å². The summed E-state index contributed by atoms with van der Waals surface area (Å²) in [7, 11) is 0. The first kappa shape index (κ1) is 14.0. The highest BCUT2D eigenvalue weighted by molar-refractivity contribution is 5.77. The Hall–Kier alpha value is -1.10. The van der Waals surface area contributed by atoms with E-state index in [0.29, 0.717) is 12.8 Å². The van der Waals surface area contributed by atoms with Crippen LogP contribution in [0.2, 0.25) is 0 Å². The molecule has 0 aromatic heterocycles. The molecular weight excluding hydrogens is 218 g/mol. The van der Waals surface area contributed by atoms with E-state index in [1.54, 1.807) is 0 Å². The summed E-state index contributed by atoms with van der Waals surface area (Å²) in [5.41, 5.74) is 10.8. The molecule has 1 atom stereocenters. The predicted molar refractivity (Wildman–Crippen MR) is 66.0 cm³/mol. The van der Waals surface area contributed by atoms with Gasteiger partial charge in [-0.3, -0.25) is 9.59 Å². The maximum absolute atomic E-state index is 11.6. The van der Waals surface area contributed by atoms with E-state index in [1.807, 2.05) is 6.92 Å². The molecular formula is C12H23N3O2. The van der Waals surface area contributed by atoms with Crippen LogP contribution in [0.25, 0.3) is 0 Å². The van der Waals surface area contributed by atoms with Gasteiger partial charge in [-0.1, -0.05) is 0 Å². The lowest BCUT2D eigenvalue weighted by Crippen LogP contribution is -2.40. The minimum Gasteiger partial charge on any atom is -0.369 e. The molecule has 0 radical (unpaired) electrons. The molecule has 1 aliphatic carbocycles. The second-order valence-electron chi connectivity index (χ2n) is 5.03. The van der Waals surface area contributed by atoms with Gasteiger partial charge in [0.1, 0.15) is 0 Å². The van der Waals surface area contributed by atoms with Gasteiger partial charge in [-0.05, 0) is 39.0 Å². The van der Waals surface area contributed by atoms with Crippen LogP contribution in [0.3, 0.4) is 0 Å². The molecule has 0 bridgehead atoms. The van der Waals surface area contributed by atoms with Crippen LogP contribution >= 0.6 is 0 Å². The third kappa shape index (κ3) is 5.17. The summed E-state index contributed by atoms with van der Waals surface area (Å²) in [6.07, 6.45) is 4.45. The van der Waals surface area contributed by atoms with Crippen molar-refractivity contribution in [1.82, 2.24) is 5.32 Å². The Bertz CT molecular complexity index is 271.